The number of carbonyl (C=O) groups is 1. The van der Waals surface area contributed by atoms with Crippen molar-refractivity contribution in [1.29, 1.82) is 0 Å². The van der Waals surface area contributed by atoms with Gasteiger partial charge in [-0.25, -0.2) is 4.98 Å². The Bertz CT molecular complexity index is 966. The molecule has 0 aliphatic carbocycles. The number of aromatic nitrogens is 2. The van der Waals surface area contributed by atoms with Crippen LogP contribution in [0.4, 0.5) is 23.1 Å². The molecule has 1 amide bonds. The minimum atomic E-state index is -0.121. The number of aryl methyl sites for hydroxylation is 1. The van der Waals surface area contributed by atoms with Crippen molar-refractivity contribution >= 4 is 29.0 Å². The molecule has 0 unspecified atom stereocenters. The molecule has 2 N–H and O–H groups in total. The van der Waals surface area contributed by atoms with E-state index in [1.54, 1.807) is 12.1 Å². The SMILES string of the molecule is Cc1cc(Nc2ccc(NC(=O)c3ccccc3)cc2)nc(N2CCCCC2)n1. The molecule has 1 saturated heterocycles. The summed E-state index contributed by atoms with van der Waals surface area (Å²) in [6, 6.07) is 18.7. The van der Waals surface area contributed by atoms with Gasteiger partial charge in [0.05, 0.1) is 0 Å². The molecule has 0 saturated carbocycles. The smallest absolute Gasteiger partial charge is 0.255 e. The average Bonchev–Trinajstić information content (AvgIpc) is 2.76. The first-order valence-corrected chi connectivity index (χ1v) is 10.0. The maximum absolute atomic E-state index is 12.3. The van der Waals surface area contributed by atoms with Gasteiger partial charge in [-0.1, -0.05) is 18.2 Å². The van der Waals surface area contributed by atoms with Crippen LogP contribution in [0.25, 0.3) is 0 Å². The third kappa shape index (κ3) is 4.90. The highest BCUT2D eigenvalue weighted by molar-refractivity contribution is 6.04. The van der Waals surface area contributed by atoms with E-state index >= 15 is 0 Å². The van der Waals surface area contributed by atoms with Gasteiger partial charge >= 0.3 is 0 Å². The van der Waals surface area contributed by atoms with E-state index in [0.29, 0.717) is 5.56 Å². The zero-order chi connectivity index (χ0) is 20.1. The van der Waals surface area contributed by atoms with Crippen molar-refractivity contribution in [3.63, 3.8) is 0 Å². The van der Waals surface area contributed by atoms with E-state index in [9.17, 15) is 4.79 Å². The van der Waals surface area contributed by atoms with Crippen LogP contribution < -0.4 is 15.5 Å². The Hall–Kier alpha value is -3.41. The van der Waals surface area contributed by atoms with Gasteiger partial charge in [0.1, 0.15) is 5.82 Å². The first-order valence-electron chi connectivity index (χ1n) is 10.0. The lowest BCUT2D eigenvalue weighted by molar-refractivity contribution is 0.102. The fourth-order valence-corrected chi connectivity index (χ4v) is 3.43. The number of amides is 1. The van der Waals surface area contributed by atoms with E-state index in [-0.39, 0.29) is 5.91 Å². The maximum Gasteiger partial charge on any atom is 0.255 e. The summed E-state index contributed by atoms with van der Waals surface area (Å²) in [4.78, 5) is 23.8. The molecule has 0 radical (unpaired) electrons. The van der Waals surface area contributed by atoms with E-state index in [1.165, 1.54) is 19.3 Å². The van der Waals surface area contributed by atoms with E-state index in [4.69, 9.17) is 4.98 Å². The third-order valence-electron chi connectivity index (χ3n) is 4.93. The lowest BCUT2D eigenvalue weighted by Crippen LogP contribution is -2.31. The Morgan fingerprint density at radius 3 is 2.31 bits per heavy atom. The number of benzene rings is 2. The third-order valence-corrected chi connectivity index (χ3v) is 4.93. The van der Waals surface area contributed by atoms with Crippen LogP contribution >= 0.6 is 0 Å². The van der Waals surface area contributed by atoms with Crippen LogP contribution in [0.1, 0.15) is 35.3 Å². The molecule has 4 rings (SSSR count). The minimum absolute atomic E-state index is 0.121. The van der Waals surface area contributed by atoms with Crippen LogP contribution in [0.5, 0.6) is 0 Å². The molecule has 1 aromatic heterocycles. The number of hydrogen-bond acceptors (Lipinski definition) is 5. The normalized spacial score (nSPS) is 13.8. The molecule has 1 aliphatic rings. The Kier molecular flexibility index (Phi) is 5.70. The highest BCUT2D eigenvalue weighted by Crippen LogP contribution is 2.22. The van der Waals surface area contributed by atoms with Gasteiger partial charge in [-0.15, -0.1) is 0 Å². The van der Waals surface area contributed by atoms with Crippen molar-refractivity contribution < 1.29 is 4.79 Å². The molecule has 0 atom stereocenters. The molecule has 148 valence electrons. The molecule has 2 aromatic carbocycles. The first-order chi connectivity index (χ1) is 14.2. The van der Waals surface area contributed by atoms with Gasteiger partial charge in [0.25, 0.3) is 5.91 Å². The summed E-state index contributed by atoms with van der Waals surface area (Å²) >= 11 is 0. The summed E-state index contributed by atoms with van der Waals surface area (Å²) in [6.07, 6.45) is 3.66. The molecule has 0 bridgehead atoms. The fraction of sp³-hybridized carbons (Fsp3) is 0.261. The second kappa shape index (κ2) is 8.73. The summed E-state index contributed by atoms with van der Waals surface area (Å²) in [5.41, 5.74) is 3.23. The monoisotopic (exact) mass is 387 g/mol. The number of anilines is 4. The highest BCUT2D eigenvalue weighted by atomic mass is 16.1. The van der Waals surface area contributed by atoms with E-state index in [0.717, 1.165) is 41.9 Å². The minimum Gasteiger partial charge on any atom is -0.341 e. The van der Waals surface area contributed by atoms with E-state index in [1.807, 2.05) is 55.5 Å². The number of piperidine rings is 1. The Labute approximate surface area is 171 Å². The molecule has 0 spiro atoms. The molecule has 1 aliphatic heterocycles. The Balaban J connectivity index is 1.43. The van der Waals surface area contributed by atoms with Crippen LogP contribution in [-0.4, -0.2) is 29.0 Å². The predicted octanol–water partition coefficient (Wildman–Crippen LogP) is 4.77. The standard InChI is InChI=1S/C23H25N5O/c1-17-16-21(27-23(24-17)28-14-6-3-7-15-28)25-19-10-12-20(13-11-19)26-22(29)18-8-4-2-5-9-18/h2,4-5,8-13,16H,3,6-7,14-15H2,1H3,(H,26,29)(H,24,25,27). The summed E-state index contributed by atoms with van der Waals surface area (Å²) in [5, 5.41) is 6.26. The van der Waals surface area contributed by atoms with Crippen LogP contribution in [0.15, 0.2) is 60.7 Å². The summed E-state index contributed by atoms with van der Waals surface area (Å²) in [6.45, 7) is 4.01. The molecule has 6 heteroatoms. The lowest BCUT2D eigenvalue weighted by Gasteiger charge is -2.27. The highest BCUT2D eigenvalue weighted by Gasteiger charge is 2.14. The van der Waals surface area contributed by atoms with Gasteiger partial charge in [0.2, 0.25) is 5.95 Å². The second-order valence-corrected chi connectivity index (χ2v) is 7.26. The largest absolute Gasteiger partial charge is 0.341 e. The zero-order valence-corrected chi connectivity index (χ0v) is 16.6. The van der Waals surface area contributed by atoms with Gasteiger partial charge in [0.15, 0.2) is 0 Å². The number of nitrogens with one attached hydrogen (secondary N) is 2. The second-order valence-electron chi connectivity index (χ2n) is 7.26. The maximum atomic E-state index is 12.3. The number of nitrogens with zero attached hydrogens (tertiary/aromatic N) is 3. The fourth-order valence-electron chi connectivity index (χ4n) is 3.43. The zero-order valence-electron chi connectivity index (χ0n) is 16.6. The van der Waals surface area contributed by atoms with Crippen LogP contribution in [0.3, 0.4) is 0 Å². The summed E-state index contributed by atoms with van der Waals surface area (Å²) < 4.78 is 0. The molecule has 1 fully saturated rings. The van der Waals surface area contributed by atoms with Crippen molar-refractivity contribution in [2.24, 2.45) is 0 Å². The van der Waals surface area contributed by atoms with Crippen molar-refractivity contribution in [3.05, 3.63) is 71.9 Å². The molecular weight excluding hydrogens is 362 g/mol. The Morgan fingerprint density at radius 2 is 1.59 bits per heavy atom. The molecule has 6 nitrogen and oxygen atoms in total. The summed E-state index contributed by atoms with van der Waals surface area (Å²) in [5.74, 6) is 1.45. The van der Waals surface area contributed by atoms with Crippen LogP contribution in [0.2, 0.25) is 0 Å². The van der Waals surface area contributed by atoms with E-state index < -0.39 is 0 Å². The van der Waals surface area contributed by atoms with Crippen molar-refractivity contribution in [2.45, 2.75) is 26.2 Å². The Morgan fingerprint density at radius 1 is 0.897 bits per heavy atom. The number of rotatable bonds is 5. The molecule has 3 aromatic rings. The lowest BCUT2D eigenvalue weighted by atomic mass is 10.1. The van der Waals surface area contributed by atoms with Crippen molar-refractivity contribution in [2.75, 3.05) is 28.6 Å². The first kappa shape index (κ1) is 18.9. The van der Waals surface area contributed by atoms with Gasteiger partial charge in [0, 0.05) is 41.8 Å². The van der Waals surface area contributed by atoms with Gasteiger partial charge in [-0.2, -0.15) is 4.98 Å². The predicted molar refractivity (Wildman–Crippen MR) is 117 cm³/mol. The molecular formula is C23H25N5O. The number of carbonyl (C=O) groups excluding carboxylic acids is 1. The van der Waals surface area contributed by atoms with Crippen molar-refractivity contribution in [3.8, 4) is 0 Å². The average molecular weight is 387 g/mol. The molecule has 2 heterocycles. The van der Waals surface area contributed by atoms with Gasteiger partial charge < -0.3 is 15.5 Å². The topological polar surface area (TPSA) is 70.2 Å². The number of hydrogen-bond donors (Lipinski definition) is 2. The van der Waals surface area contributed by atoms with Gasteiger partial charge in [-0.05, 0) is 62.6 Å². The van der Waals surface area contributed by atoms with Crippen LogP contribution in [0, 0.1) is 6.92 Å². The van der Waals surface area contributed by atoms with E-state index in [2.05, 4.69) is 20.5 Å². The quantitative estimate of drug-likeness (QED) is 0.660. The van der Waals surface area contributed by atoms with Crippen LogP contribution in [-0.2, 0) is 0 Å². The summed E-state index contributed by atoms with van der Waals surface area (Å²) in [7, 11) is 0. The van der Waals surface area contributed by atoms with Crippen molar-refractivity contribution in [1.82, 2.24) is 9.97 Å². The van der Waals surface area contributed by atoms with Gasteiger partial charge in [-0.3, -0.25) is 4.79 Å². The molecule has 29 heavy (non-hydrogen) atoms.